The van der Waals surface area contributed by atoms with E-state index in [1.165, 1.54) is 13.3 Å². The smallest absolute Gasteiger partial charge is 0.221 e. The first-order valence-corrected chi connectivity index (χ1v) is 6.29. The second-order valence-electron chi connectivity index (χ2n) is 4.53. The third kappa shape index (κ3) is 2.44. The maximum Gasteiger partial charge on any atom is 0.221 e. The number of hydrogen-bond acceptors (Lipinski definition) is 4. The highest BCUT2D eigenvalue weighted by atomic mass is 16.1. The molecular formula is C15H11N5O. The summed E-state index contributed by atoms with van der Waals surface area (Å²) >= 11 is 0. The van der Waals surface area contributed by atoms with Gasteiger partial charge in [0.15, 0.2) is 5.65 Å². The lowest BCUT2D eigenvalue weighted by Crippen LogP contribution is -2.07. The summed E-state index contributed by atoms with van der Waals surface area (Å²) in [4.78, 5) is 15.4. The normalized spacial score (nSPS) is 10.3. The largest absolute Gasteiger partial charge is 0.326 e. The summed E-state index contributed by atoms with van der Waals surface area (Å²) < 4.78 is 1.69. The van der Waals surface area contributed by atoms with Crippen LogP contribution >= 0.6 is 0 Å². The van der Waals surface area contributed by atoms with Crippen molar-refractivity contribution >= 4 is 17.2 Å². The molecule has 0 atom stereocenters. The first-order chi connectivity index (χ1) is 10.2. The van der Waals surface area contributed by atoms with Crippen molar-refractivity contribution in [3.63, 3.8) is 0 Å². The van der Waals surface area contributed by atoms with E-state index in [-0.39, 0.29) is 5.91 Å². The van der Waals surface area contributed by atoms with Crippen molar-refractivity contribution in [2.45, 2.75) is 6.92 Å². The Balaban J connectivity index is 2.17. The highest BCUT2D eigenvalue weighted by molar-refractivity contribution is 5.90. The van der Waals surface area contributed by atoms with Gasteiger partial charge in [-0.25, -0.2) is 9.50 Å². The molecule has 6 heteroatoms. The SMILES string of the molecule is CC(=O)Nc1cc(-c2ccc(C#N)cc2)n2ncnc2c1. The minimum Gasteiger partial charge on any atom is -0.326 e. The maximum atomic E-state index is 11.2. The number of nitrogens with zero attached hydrogens (tertiary/aromatic N) is 4. The lowest BCUT2D eigenvalue weighted by molar-refractivity contribution is -0.114. The van der Waals surface area contributed by atoms with E-state index in [2.05, 4.69) is 21.5 Å². The van der Waals surface area contributed by atoms with E-state index in [0.717, 1.165) is 11.3 Å². The summed E-state index contributed by atoms with van der Waals surface area (Å²) in [6.45, 7) is 1.45. The Hall–Kier alpha value is -3.20. The van der Waals surface area contributed by atoms with Crippen molar-refractivity contribution in [3.8, 4) is 17.3 Å². The van der Waals surface area contributed by atoms with Gasteiger partial charge in [0, 0.05) is 24.2 Å². The third-order valence-electron chi connectivity index (χ3n) is 3.01. The van der Waals surface area contributed by atoms with Crippen LogP contribution in [0.25, 0.3) is 16.9 Å². The summed E-state index contributed by atoms with van der Waals surface area (Å²) in [6.07, 6.45) is 1.46. The van der Waals surface area contributed by atoms with Crippen LogP contribution < -0.4 is 5.32 Å². The van der Waals surface area contributed by atoms with Crippen molar-refractivity contribution in [3.05, 3.63) is 48.3 Å². The second kappa shape index (κ2) is 5.06. The van der Waals surface area contributed by atoms with Gasteiger partial charge in [-0.2, -0.15) is 10.4 Å². The molecule has 0 saturated carbocycles. The molecule has 0 aliphatic heterocycles. The van der Waals surface area contributed by atoms with E-state index in [4.69, 9.17) is 5.26 Å². The molecule has 0 radical (unpaired) electrons. The highest BCUT2D eigenvalue weighted by Gasteiger charge is 2.09. The molecule has 6 nitrogen and oxygen atoms in total. The van der Waals surface area contributed by atoms with Crippen molar-refractivity contribution in [2.75, 3.05) is 5.32 Å². The van der Waals surface area contributed by atoms with Crippen LogP contribution in [-0.2, 0) is 4.79 Å². The number of fused-ring (bicyclic) bond motifs is 1. The van der Waals surface area contributed by atoms with Gasteiger partial charge < -0.3 is 5.32 Å². The van der Waals surface area contributed by atoms with Crippen LogP contribution in [-0.4, -0.2) is 20.5 Å². The molecule has 3 rings (SSSR count). The molecule has 0 saturated heterocycles. The van der Waals surface area contributed by atoms with E-state index >= 15 is 0 Å². The predicted molar refractivity (Wildman–Crippen MR) is 77.4 cm³/mol. The number of rotatable bonds is 2. The van der Waals surface area contributed by atoms with Crippen LogP contribution in [0.4, 0.5) is 5.69 Å². The van der Waals surface area contributed by atoms with Gasteiger partial charge >= 0.3 is 0 Å². The van der Waals surface area contributed by atoms with Crippen molar-refractivity contribution in [1.29, 1.82) is 5.26 Å². The number of anilines is 1. The standard InChI is InChI=1S/C15H11N5O/c1-10(21)19-13-6-14(20-15(7-13)17-9-18-20)12-4-2-11(8-16)3-5-12/h2-7,9H,1H3,(H,19,21). The fraction of sp³-hybridized carbons (Fsp3) is 0.0667. The Labute approximate surface area is 120 Å². The zero-order valence-corrected chi connectivity index (χ0v) is 11.2. The molecule has 102 valence electrons. The maximum absolute atomic E-state index is 11.2. The van der Waals surface area contributed by atoms with Crippen LogP contribution in [0, 0.1) is 11.3 Å². The molecular weight excluding hydrogens is 266 g/mol. The fourth-order valence-electron chi connectivity index (χ4n) is 2.12. The number of carbonyl (C=O) groups excluding carboxylic acids is 1. The van der Waals surface area contributed by atoms with Crippen LogP contribution in [0.2, 0.25) is 0 Å². The first kappa shape index (κ1) is 12.8. The highest BCUT2D eigenvalue weighted by Crippen LogP contribution is 2.24. The molecule has 0 fully saturated rings. The van der Waals surface area contributed by atoms with E-state index in [0.29, 0.717) is 16.9 Å². The van der Waals surface area contributed by atoms with Gasteiger partial charge in [-0.15, -0.1) is 0 Å². The zero-order valence-electron chi connectivity index (χ0n) is 11.2. The van der Waals surface area contributed by atoms with Gasteiger partial charge in [0.1, 0.15) is 6.33 Å². The van der Waals surface area contributed by atoms with Crippen molar-refractivity contribution < 1.29 is 4.79 Å². The molecule has 2 heterocycles. The average molecular weight is 277 g/mol. The van der Waals surface area contributed by atoms with E-state index < -0.39 is 0 Å². The van der Waals surface area contributed by atoms with Crippen molar-refractivity contribution in [1.82, 2.24) is 14.6 Å². The topological polar surface area (TPSA) is 83.1 Å². The predicted octanol–water partition coefficient (Wildman–Crippen LogP) is 2.23. The molecule has 0 aliphatic carbocycles. The zero-order chi connectivity index (χ0) is 14.8. The molecule has 2 aromatic heterocycles. The Morgan fingerprint density at radius 3 is 2.71 bits per heavy atom. The molecule has 1 amide bonds. The van der Waals surface area contributed by atoms with Gasteiger partial charge in [0.2, 0.25) is 5.91 Å². The second-order valence-corrected chi connectivity index (χ2v) is 4.53. The Bertz CT molecular complexity index is 858. The fourth-order valence-corrected chi connectivity index (χ4v) is 2.12. The van der Waals surface area contributed by atoms with Crippen LogP contribution in [0.5, 0.6) is 0 Å². The molecule has 21 heavy (non-hydrogen) atoms. The minimum absolute atomic E-state index is 0.148. The number of nitrogens with one attached hydrogen (secondary N) is 1. The average Bonchev–Trinajstić information content (AvgIpc) is 2.94. The molecule has 1 aromatic carbocycles. The van der Waals surface area contributed by atoms with Gasteiger partial charge in [-0.3, -0.25) is 4.79 Å². The van der Waals surface area contributed by atoms with Gasteiger partial charge in [0.05, 0.1) is 17.3 Å². The summed E-state index contributed by atoms with van der Waals surface area (Å²) in [7, 11) is 0. The summed E-state index contributed by atoms with van der Waals surface area (Å²) in [6, 6.07) is 12.8. The Morgan fingerprint density at radius 1 is 1.29 bits per heavy atom. The molecule has 1 N–H and O–H groups in total. The minimum atomic E-state index is -0.148. The molecule has 0 aliphatic rings. The van der Waals surface area contributed by atoms with Crippen LogP contribution in [0.3, 0.4) is 0 Å². The van der Waals surface area contributed by atoms with Crippen LogP contribution in [0.15, 0.2) is 42.7 Å². The molecule has 0 spiro atoms. The van der Waals surface area contributed by atoms with Crippen LogP contribution in [0.1, 0.15) is 12.5 Å². The molecule has 0 unspecified atom stereocenters. The van der Waals surface area contributed by atoms with E-state index in [9.17, 15) is 4.79 Å². The van der Waals surface area contributed by atoms with E-state index in [1.54, 1.807) is 22.7 Å². The van der Waals surface area contributed by atoms with Gasteiger partial charge in [-0.05, 0) is 18.2 Å². The number of hydrogen-bond donors (Lipinski definition) is 1. The Kier molecular flexibility index (Phi) is 3.09. The van der Waals surface area contributed by atoms with Gasteiger partial charge in [0.25, 0.3) is 0 Å². The Morgan fingerprint density at radius 2 is 2.05 bits per heavy atom. The number of benzene rings is 1. The summed E-state index contributed by atoms with van der Waals surface area (Å²) in [5.74, 6) is -0.148. The number of pyridine rings is 1. The van der Waals surface area contributed by atoms with Crippen molar-refractivity contribution in [2.24, 2.45) is 0 Å². The third-order valence-corrected chi connectivity index (χ3v) is 3.01. The lowest BCUT2D eigenvalue weighted by Gasteiger charge is -2.08. The lowest BCUT2D eigenvalue weighted by atomic mass is 10.1. The van der Waals surface area contributed by atoms with E-state index in [1.807, 2.05) is 18.2 Å². The first-order valence-electron chi connectivity index (χ1n) is 6.29. The summed E-state index contributed by atoms with van der Waals surface area (Å²) in [5.41, 5.74) is 3.56. The number of aromatic nitrogens is 3. The molecule has 0 bridgehead atoms. The summed E-state index contributed by atoms with van der Waals surface area (Å²) in [5, 5.41) is 15.8. The quantitative estimate of drug-likeness (QED) is 0.778. The van der Waals surface area contributed by atoms with Gasteiger partial charge in [-0.1, -0.05) is 12.1 Å². The number of amides is 1. The number of nitriles is 1. The molecule has 3 aromatic rings. The monoisotopic (exact) mass is 277 g/mol. The number of carbonyl (C=O) groups is 1.